The van der Waals surface area contributed by atoms with Crippen molar-refractivity contribution in [2.45, 2.75) is 6.42 Å². The molecule has 1 aromatic heterocycles. The summed E-state index contributed by atoms with van der Waals surface area (Å²) in [5.41, 5.74) is 8.87. The van der Waals surface area contributed by atoms with Crippen molar-refractivity contribution in [1.82, 2.24) is 9.78 Å². The molecule has 1 aromatic carbocycles. The third-order valence-electron chi connectivity index (χ3n) is 2.48. The predicted octanol–water partition coefficient (Wildman–Crippen LogP) is 2.26. The summed E-state index contributed by atoms with van der Waals surface area (Å²) in [6.07, 6.45) is 4.90. The molecule has 3 N–H and O–H groups in total. The first kappa shape index (κ1) is 12.2. The number of nitrogens with one attached hydrogen (secondary N) is 1. The number of hydrogen-bond donors (Lipinski definition) is 2. The molecule has 0 atom stereocenters. The number of halogens is 1. The minimum absolute atomic E-state index is 0.798. The van der Waals surface area contributed by atoms with Gasteiger partial charge in [-0.25, -0.2) is 0 Å². The highest BCUT2D eigenvalue weighted by molar-refractivity contribution is 14.1. The van der Waals surface area contributed by atoms with Gasteiger partial charge in [-0.15, -0.1) is 0 Å². The predicted molar refractivity (Wildman–Crippen MR) is 79.0 cm³/mol. The molecule has 2 aromatic rings. The highest BCUT2D eigenvalue weighted by atomic mass is 127. The summed E-state index contributed by atoms with van der Waals surface area (Å²) in [6.45, 7) is 0.894. The van der Waals surface area contributed by atoms with E-state index in [0.717, 1.165) is 27.9 Å². The van der Waals surface area contributed by atoms with Gasteiger partial charge in [0.15, 0.2) is 0 Å². The van der Waals surface area contributed by atoms with Gasteiger partial charge in [0.05, 0.1) is 6.20 Å². The van der Waals surface area contributed by atoms with E-state index in [0.29, 0.717) is 0 Å². The molecule has 0 fully saturated rings. The van der Waals surface area contributed by atoms with Gasteiger partial charge in [0, 0.05) is 34.7 Å². The van der Waals surface area contributed by atoms with E-state index in [-0.39, 0.29) is 0 Å². The summed E-state index contributed by atoms with van der Waals surface area (Å²) in [7, 11) is 1.93. The first-order chi connectivity index (χ1) is 8.15. The van der Waals surface area contributed by atoms with E-state index < -0.39 is 0 Å². The van der Waals surface area contributed by atoms with Crippen LogP contribution in [0, 0.1) is 3.57 Å². The van der Waals surface area contributed by atoms with Crippen molar-refractivity contribution >= 4 is 34.0 Å². The number of rotatable bonds is 4. The van der Waals surface area contributed by atoms with E-state index in [1.807, 2.05) is 42.3 Å². The van der Waals surface area contributed by atoms with Gasteiger partial charge in [-0.05, 0) is 52.8 Å². The lowest BCUT2D eigenvalue weighted by Crippen LogP contribution is -2.05. The largest absolute Gasteiger partial charge is 0.399 e. The van der Waals surface area contributed by atoms with Crippen LogP contribution < -0.4 is 11.1 Å². The van der Waals surface area contributed by atoms with E-state index in [1.165, 1.54) is 5.56 Å². The summed E-state index contributed by atoms with van der Waals surface area (Å²) >= 11 is 2.29. The number of aryl methyl sites for hydroxylation is 1. The second-order valence-electron chi connectivity index (χ2n) is 3.94. The number of anilines is 2. The minimum atomic E-state index is 0.798. The maximum Gasteiger partial charge on any atom is 0.0522 e. The van der Waals surface area contributed by atoms with Gasteiger partial charge in [0.25, 0.3) is 0 Å². The molecule has 0 amide bonds. The minimum Gasteiger partial charge on any atom is -0.399 e. The van der Waals surface area contributed by atoms with Gasteiger partial charge in [0.2, 0.25) is 0 Å². The molecule has 0 radical (unpaired) electrons. The van der Waals surface area contributed by atoms with E-state index in [2.05, 4.69) is 33.0 Å². The number of nitrogens with zero attached hydrogens (tertiary/aromatic N) is 2. The Morgan fingerprint density at radius 2 is 2.29 bits per heavy atom. The quantitative estimate of drug-likeness (QED) is 0.662. The third-order valence-corrected chi connectivity index (χ3v) is 3.37. The molecule has 17 heavy (non-hydrogen) atoms. The van der Waals surface area contributed by atoms with Crippen LogP contribution in [0.1, 0.15) is 5.56 Å². The molecule has 0 saturated carbocycles. The lowest BCUT2D eigenvalue weighted by atomic mass is 10.2. The lowest BCUT2D eigenvalue weighted by molar-refractivity contribution is 0.767. The summed E-state index contributed by atoms with van der Waals surface area (Å²) in [4.78, 5) is 0. The maximum absolute atomic E-state index is 5.71. The molecular weight excluding hydrogens is 327 g/mol. The summed E-state index contributed by atoms with van der Waals surface area (Å²) in [5, 5.41) is 7.54. The van der Waals surface area contributed by atoms with Crippen molar-refractivity contribution < 1.29 is 0 Å². The Morgan fingerprint density at radius 3 is 2.94 bits per heavy atom. The van der Waals surface area contributed by atoms with Crippen molar-refractivity contribution in [3.8, 4) is 0 Å². The Morgan fingerprint density at radius 1 is 1.47 bits per heavy atom. The number of hydrogen-bond acceptors (Lipinski definition) is 3. The van der Waals surface area contributed by atoms with Crippen molar-refractivity contribution in [3.05, 3.63) is 39.7 Å². The molecule has 0 aliphatic rings. The molecule has 0 spiro atoms. The van der Waals surface area contributed by atoms with Crippen molar-refractivity contribution in [2.75, 3.05) is 17.6 Å². The highest BCUT2D eigenvalue weighted by Crippen LogP contribution is 2.20. The molecule has 1 heterocycles. The fourth-order valence-electron chi connectivity index (χ4n) is 1.62. The molecule has 4 nitrogen and oxygen atoms in total. The molecule has 0 saturated heterocycles. The number of nitrogens with two attached hydrogens (primary N) is 1. The Hall–Kier alpha value is -1.24. The highest BCUT2D eigenvalue weighted by Gasteiger charge is 2.00. The van der Waals surface area contributed by atoms with Gasteiger partial charge in [-0.1, -0.05) is 0 Å². The Bertz CT molecular complexity index is 507. The first-order valence-electron chi connectivity index (χ1n) is 5.41. The lowest BCUT2D eigenvalue weighted by Gasteiger charge is -2.08. The van der Waals surface area contributed by atoms with Crippen LogP contribution >= 0.6 is 22.6 Å². The van der Waals surface area contributed by atoms with Crippen LogP contribution in [0.3, 0.4) is 0 Å². The average molecular weight is 342 g/mol. The fourth-order valence-corrected chi connectivity index (χ4v) is 2.35. The molecule has 5 heteroatoms. The van der Waals surface area contributed by atoms with Crippen LogP contribution in [0.25, 0.3) is 0 Å². The third kappa shape index (κ3) is 3.36. The molecule has 0 aliphatic heterocycles. The molecule has 90 valence electrons. The molecule has 0 bridgehead atoms. The van der Waals surface area contributed by atoms with Crippen molar-refractivity contribution in [2.24, 2.45) is 7.05 Å². The Balaban J connectivity index is 1.90. The van der Waals surface area contributed by atoms with Crippen LogP contribution in [-0.4, -0.2) is 16.3 Å². The first-order valence-corrected chi connectivity index (χ1v) is 6.49. The maximum atomic E-state index is 5.71. The average Bonchev–Trinajstić information content (AvgIpc) is 2.68. The van der Waals surface area contributed by atoms with E-state index >= 15 is 0 Å². The molecule has 0 aliphatic carbocycles. The number of aromatic nitrogens is 2. The van der Waals surface area contributed by atoms with Crippen molar-refractivity contribution in [3.63, 3.8) is 0 Å². The van der Waals surface area contributed by atoms with E-state index in [4.69, 9.17) is 5.73 Å². The molecule has 0 unspecified atom stereocenters. The number of nitrogen functional groups attached to an aromatic ring is 1. The smallest absolute Gasteiger partial charge is 0.0522 e. The monoisotopic (exact) mass is 342 g/mol. The van der Waals surface area contributed by atoms with Crippen molar-refractivity contribution in [1.29, 1.82) is 0 Å². The summed E-state index contributed by atoms with van der Waals surface area (Å²) in [5.74, 6) is 0. The van der Waals surface area contributed by atoms with Gasteiger partial charge in [-0.3, -0.25) is 4.68 Å². The summed E-state index contributed by atoms with van der Waals surface area (Å²) < 4.78 is 2.97. The zero-order valence-corrected chi connectivity index (χ0v) is 11.8. The Labute approximate surface area is 114 Å². The molecular formula is C12H15IN4. The second-order valence-corrected chi connectivity index (χ2v) is 5.10. The molecule has 2 rings (SSSR count). The van der Waals surface area contributed by atoms with Gasteiger partial charge in [-0.2, -0.15) is 5.10 Å². The number of benzene rings is 1. The van der Waals surface area contributed by atoms with Gasteiger partial charge in [0.1, 0.15) is 0 Å². The zero-order valence-electron chi connectivity index (χ0n) is 9.65. The van der Waals surface area contributed by atoms with E-state index in [1.54, 1.807) is 0 Å². The normalized spacial score (nSPS) is 10.5. The van der Waals surface area contributed by atoms with Gasteiger partial charge >= 0.3 is 0 Å². The van der Waals surface area contributed by atoms with Gasteiger partial charge < -0.3 is 11.1 Å². The zero-order chi connectivity index (χ0) is 12.3. The SMILES string of the molecule is Cn1cc(CCNc2ccc(N)cc2I)cn1. The van der Waals surface area contributed by atoms with Crippen LogP contribution in [0.2, 0.25) is 0 Å². The Kier molecular flexibility index (Phi) is 3.88. The standard InChI is InChI=1S/C12H15IN4/c1-17-8-9(7-16-17)4-5-15-12-3-2-10(14)6-11(12)13/h2-3,6-8,15H,4-5,14H2,1H3. The topological polar surface area (TPSA) is 55.9 Å². The fraction of sp³-hybridized carbons (Fsp3) is 0.250. The van der Waals surface area contributed by atoms with Crippen LogP contribution in [0.15, 0.2) is 30.6 Å². The van der Waals surface area contributed by atoms with Crippen LogP contribution in [0.4, 0.5) is 11.4 Å². The van der Waals surface area contributed by atoms with Crippen LogP contribution in [0.5, 0.6) is 0 Å². The van der Waals surface area contributed by atoms with E-state index in [9.17, 15) is 0 Å². The van der Waals surface area contributed by atoms with Crippen LogP contribution in [-0.2, 0) is 13.5 Å². The summed E-state index contributed by atoms with van der Waals surface area (Å²) in [6, 6.07) is 5.89. The second kappa shape index (κ2) is 5.39.